The summed E-state index contributed by atoms with van der Waals surface area (Å²) in [7, 11) is 2.23. The van der Waals surface area contributed by atoms with Gasteiger partial charge in [0.05, 0.1) is 6.10 Å². The Kier molecular flexibility index (Phi) is 5.49. The Balaban J connectivity index is 2.05. The van der Waals surface area contributed by atoms with Gasteiger partial charge in [-0.2, -0.15) is 0 Å². The van der Waals surface area contributed by atoms with E-state index >= 15 is 0 Å². The molecule has 14 heavy (non-hydrogen) atoms. The van der Waals surface area contributed by atoms with Crippen LogP contribution in [0.15, 0.2) is 0 Å². The Morgan fingerprint density at radius 1 is 1.36 bits per heavy atom. The summed E-state index contributed by atoms with van der Waals surface area (Å²) < 4.78 is 0. The van der Waals surface area contributed by atoms with Gasteiger partial charge >= 0.3 is 0 Å². The van der Waals surface area contributed by atoms with E-state index in [1.54, 1.807) is 0 Å². The molecule has 2 heteroatoms. The van der Waals surface area contributed by atoms with E-state index in [1.807, 2.05) is 6.92 Å². The van der Waals surface area contributed by atoms with Crippen molar-refractivity contribution in [2.45, 2.75) is 64.0 Å². The van der Waals surface area contributed by atoms with Crippen LogP contribution in [-0.4, -0.2) is 35.7 Å². The second kappa shape index (κ2) is 6.41. The molecule has 0 aliphatic heterocycles. The molecule has 0 spiro atoms. The molecule has 1 N–H and O–H groups in total. The van der Waals surface area contributed by atoms with Crippen LogP contribution in [0.2, 0.25) is 0 Å². The summed E-state index contributed by atoms with van der Waals surface area (Å²) >= 11 is 0. The summed E-state index contributed by atoms with van der Waals surface area (Å²) in [5, 5.41) is 9.42. The largest absolute Gasteiger partial charge is 0.393 e. The van der Waals surface area contributed by atoms with Crippen molar-refractivity contribution in [3.8, 4) is 0 Å². The van der Waals surface area contributed by atoms with Gasteiger partial charge in [0.1, 0.15) is 0 Å². The van der Waals surface area contributed by atoms with Crippen LogP contribution in [0.3, 0.4) is 0 Å². The third-order valence-corrected chi connectivity index (χ3v) is 3.47. The van der Waals surface area contributed by atoms with Gasteiger partial charge in [-0.15, -0.1) is 0 Å². The van der Waals surface area contributed by atoms with Gasteiger partial charge in [-0.25, -0.2) is 0 Å². The molecule has 0 heterocycles. The summed E-state index contributed by atoms with van der Waals surface area (Å²) in [6.45, 7) is 3.20. The molecule has 0 bridgehead atoms. The molecule has 84 valence electrons. The lowest BCUT2D eigenvalue weighted by molar-refractivity contribution is 0.147. The highest BCUT2D eigenvalue weighted by atomic mass is 16.3. The van der Waals surface area contributed by atoms with Crippen LogP contribution < -0.4 is 0 Å². The minimum Gasteiger partial charge on any atom is -0.393 e. The molecule has 1 aliphatic carbocycles. The van der Waals surface area contributed by atoms with E-state index in [0.717, 1.165) is 31.8 Å². The summed E-state index contributed by atoms with van der Waals surface area (Å²) in [6, 6.07) is 0.828. The maximum atomic E-state index is 9.42. The highest BCUT2D eigenvalue weighted by Gasteiger charge is 2.18. The van der Waals surface area contributed by atoms with Crippen molar-refractivity contribution in [3.05, 3.63) is 0 Å². The van der Waals surface area contributed by atoms with Gasteiger partial charge < -0.3 is 10.0 Å². The van der Waals surface area contributed by atoms with Gasteiger partial charge in [0.25, 0.3) is 0 Å². The molecular formula is C12H25NO. The van der Waals surface area contributed by atoms with E-state index < -0.39 is 0 Å². The van der Waals surface area contributed by atoms with Crippen molar-refractivity contribution in [2.75, 3.05) is 13.6 Å². The van der Waals surface area contributed by atoms with Crippen molar-refractivity contribution in [3.63, 3.8) is 0 Å². The van der Waals surface area contributed by atoms with Crippen LogP contribution in [0.5, 0.6) is 0 Å². The molecule has 0 aromatic carbocycles. The molecule has 0 aromatic heterocycles. The fourth-order valence-corrected chi connectivity index (χ4v) is 2.31. The lowest BCUT2D eigenvalue weighted by Crippen LogP contribution is -2.30. The minimum absolute atomic E-state index is 0.0769. The summed E-state index contributed by atoms with van der Waals surface area (Å²) in [5.74, 6) is 0. The van der Waals surface area contributed by atoms with E-state index in [1.165, 1.54) is 25.7 Å². The fourth-order valence-electron chi connectivity index (χ4n) is 2.31. The lowest BCUT2D eigenvalue weighted by Gasteiger charge is -2.24. The highest BCUT2D eigenvalue weighted by Crippen LogP contribution is 2.22. The van der Waals surface area contributed by atoms with Crippen LogP contribution >= 0.6 is 0 Å². The number of hydrogen-bond acceptors (Lipinski definition) is 2. The van der Waals surface area contributed by atoms with Crippen LogP contribution in [0.25, 0.3) is 0 Å². The zero-order chi connectivity index (χ0) is 10.4. The predicted octanol–water partition coefficient (Wildman–Crippen LogP) is 2.41. The second-order valence-corrected chi connectivity index (χ2v) is 4.62. The maximum Gasteiger partial charge on any atom is 0.0538 e. The third kappa shape index (κ3) is 3.97. The SMILES string of the molecule is CCC(O)CCCN(C)C1CCCC1. The normalized spacial score (nSPS) is 20.6. The third-order valence-electron chi connectivity index (χ3n) is 3.47. The molecule has 1 fully saturated rings. The maximum absolute atomic E-state index is 9.42. The molecule has 1 rings (SSSR count). The quantitative estimate of drug-likeness (QED) is 0.710. The predicted molar refractivity (Wildman–Crippen MR) is 60.4 cm³/mol. The second-order valence-electron chi connectivity index (χ2n) is 4.62. The van der Waals surface area contributed by atoms with Crippen LogP contribution in [0.4, 0.5) is 0 Å². The van der Waals surface area contributed by atoms with Crippen molar-refractivity contribution >= 4 is 0 Å². The molecule has 0 radical (unpaired) electrons. The Hall–Kier alpha value is -0.0800. The van der Waals surface area contributed by atoms with Crippen molar-refractivity contribution in [1.82, 2.24) is 4.90 Å². The molecule has 0 saturated heterocycles. The smallest absolute Gasteiger partial charge is 0.0538 e. The van der Waals surface area contributed by atoms with Gasteiger partial charge in [0.15, 0.2) is 0 Å². The summed E-state index contributed by atoms with van der Waals surface area (Å²) in [4.78, 5) is 2.48. The molecule has 1 atom stereocenters. The minimum atomic E-state index is -0.0769. The summed E-state index contributed by atoms with van der Waals surface area (Å²) in [6.07, 6.45) is 8.51. The van der Waals surface area contributed by atoms with E-state index in [-0.39, 0.29) is 6.10 Å². The number of nitrogens with zero attached hydrogens (tertiary/aromatic N) is 1. The lowest BCUT2D eigenvalue weighted by atomic mass is 10.1. The molecule has 2 nitrogen and oxygen atoms in total. The fraction of sp³-hybridized carbons (Fsp3) is 1.00. The molecule has 1 aliphatic rings. The number of aliphatic hydroxyl groups is 1. The van der Waals surface area contributed by atoms with E-state index in [9.17, 15) is 5.11 Å². The molecule has 0 amide bonds. The first-order valence-corrected chi connectivity index (χ1v) is 6.12. The van der Waals surface area contributed by atoms with E-state index in [4.69, 9.17) is 0 Å². The van der Waals surface area contributed by atoms with Gasteiger partial charge in [-0.05, 0) is 45.7 Å². The van der Waals surface area contributed by atoms with Crippen LogP contribution in [0, 0.1) is 0 Å². The molecule has 1 unspecified atom stereocenters. The van der Waals surface area contributed by atoms with E-state index in [2.05, 4.69) is 11.9 Å². The van der Waals surface area contributed by atoms with Crippen LogP contribution in [0.1, 0.15) is 51.9 Å². The number of rotatable bonds is 6. The summed E-state index contributed by atoms with van der Waals surface area (Å²) in [5.41, 5.74) is 0. The molecule has 1 saturated carbocycles. The number of aliphatic hydroxyl groups excluding tert-OH is 1. The van der Waals surface area contributed by atoms with Crippen molar-refractivity contribution in [1.29, 1.82) is 0 Å². The monoisotopic (exact) mass is 199 g/mol. The Morgan fingerprint density at radius 2 is 2.00 bits per heavy atom. The Bertz CT molecular complexity index is 143. The Morgan fingerprint density at radius 3 is 2.57 bits per heavy atom. The van der Waals surface area contributed by atoms with Gasteiger partial charge in [0, 0.05) is 6.04 Å². The Labute approximate surface area is 88.3 Å². The zero-order valence-corrected chi connectivity index (χ0v) is 9.71. The van der Waals surface area contributed by atoms with E-state index in [0.29, 0.717) is 0 Å². The average molecular weight is 199 g/mol. The topological polar surface area (TPSA) is 23.5 Å². The van der Waals surface area contributed by atoms with Gasteiger partial charge in [-0.1, -0.05) is 19.8 Å². The van der Waals surface area contributed by atoms with Crippen molar-refractivity contribution in [2.24, 2.45) is 0 Å². The van der Waals surface area contributed by atoms with Gasteiger partial charge in [-0.3, -0.25) is 0 Å². The number of hydrogen-bond donors (Lipinski definition) is 1. The average Bonchev–Trinajstić information content (AvgIpc) is 2.70. The van der Waals surface area contributed by atoms with Gasteiger partial charge in [0.2, 0.25) is 0 Å². The molecular weight excluding hydrogens is 174 g/mol. The zero-order valence-electron chi connectivity index (χ0n) is 9.71. The first-order valence-electron chi connectivity index (χ1n) is 6.12. The molecule has 0 aromatic rings. The standard InChI is InChI=1S/C12H25NO/c1-3-12(14)9-6-10-13(2)11-7-4-5-8-11/h11-12,14H,3-10H2,1-2H3. The first kappa shape index (κ1) is 12.0. The van der Waals surface area contributed by atoms with Crippen LogP contribution in [-0.2, 0) is 0 Å². The first-order chi connectivity index (χ1) is 6.74. The highest BCUT2D eigenvalue weighted by molar-refractivity contribution is 4.75. The van der Waals surface area contributed by atoms with Crippen molar-refractivity contribution < 1.29 is 5.11 Å².